The van der Waals surface area contributed by atoms with Crippen molar-refractivity contribution in [2.24, 2.45) is 5.10 Å². The molecule has 4 rings (SSSR count). The smallest absolute Gasteiger partial charge is 0.263 e. The lowest BCUT2D eigenvalue weighted by Crippen LogP contribution is -2.30. The molecule has 0 unspecified atom stereocenters. The molecule has 4 aromatic rings. The standard InChI is InChI=1S/C23H20N4O3S/c1-15-6-8-17(9-7-15)19-13-31-22-21(19)23(29)27(14-24-22)12-20(28)26-25-11-16-4-3-5-18(10-16)30-2/h3-11,13-14H,12H2,1-2H3,(H,26,28). The monoisotopic (exact) mass is 432 g/mol. The molecular formula is C23H20N4O3S. The van der Waals surface area contributed by atoms with Crippen molar-refractivity contribution in [3.63, 3.8) is 0 Å². The molecule has 2 heterocycles. The minimum Gasteiger partial charge on any atom is -0.497 e. The predicted molar refractivity (Wildman–Crippen MR) is 123 cm³/mol. The summed E-state index contributed by atoms with van der Waals surface area (Å²) in [7, 11) is 1.58. The van der Waals surface area contributed by atoms with E-state index in [1.54, 1.807) is 13.2 Å². The van der Waals surface area contributed by atoms with Crippen LogP contribution in [0, 0.1) is 6.92 Å². The van der Waals surface area contributed by atoms with Gasteiger partial charge in [-0.1, -0.05) is 42.0 Å². The van der Waals surface area contributed by atoms with Gasteiger partial charge < -0.3 is 4.74 Å². The molecule has 0 atom stereocenters. The van der Waals surface area contributed by atoms with Gasteiger partial charge in [0.25, 0.3) is 11.5 Å². The van der Waals surface area contributed by atoms with Crippen molar-refractivity contribution >= 4 is 33.7 Å². The maximum Gasteiger partial charge on any atom is 0.263 e. The summed E-state index contributed by atoms with van der Waals surface area (Å²) in [6.45, 7) is 1.83. The first-order valence-corrected chi connectivity index (χ1v) is 10.4. The van der Waals surface area contributed by atoms with E-state index in [2.05, 4.69) is 15.5 Å². The van der Waals surface area contributed by atoms with Crippen LogP contribution in [-0.2, 0) is 11.3 Å². The van der Waals surface area contributed by atoms with E-state index in [9.17, 15) is 9.59 Å². The van der Waals surface area contributed by atoms with Gasteiger partial charge in [-0.25, -0.2) is 10.4 Å². The van der Waals surface area contributed by atoms with E-state index in [-0.39, 0.29) is 12.1 Å². The van der Waals surface area contributed by atoms with Crippen LogP contribution < -0.4 is 15.7 Å². The zero-order valence-corrected chi connectivity index (χ0v) is 17.8. The number of nitrogens with zero attached hydrogens (tertiary/aromatic N) is 3. The van der Waals surface area contributed by atoms with Crippen LogP contribution in [0.3, 0.4) is 0 Å². The first-order valence-electron chi connectivity index (χ1n) is 9.55. The van der Waals surface area contributed by atoms with Gasteiger partial charge in [0.1, 0.15) is 17.1 Å². The van der Waals surface area contributed by atoms with E-state index < -0.39 is 5.91 Å². The molecule has 1 amide bonds. The summed E-state index contributed by atoms with van der Waals surface area (Å²) >= 11 is 1.41. The molecule has 2 aromatic carbocycles. The summed E-state index contributed by atoms with van der Waals surface area (Å²) in [4.78, 5) is 30.4. The van der Waals surface area contributed by atoms with Crippen molar-refractivity contribution in [3.8, 4) is 16.9 Å². The van der Waals surface area contributed by atoms with Gasteiger partial charge in [-0.05, 0) is 30.2 Å². The maximum absolute atomic E-state index is 13.0. The van der Waals surface area contributed by atoms with Crippen LogP contribution >= 0.6 is 11.3 Å². The third kappa shape index (κ3) is 4.54. The van der Waals surface area contributed by atoms with Crippen molar-refractivity contribution in [1.82, 2.24) is 15.0 Å². The second-order valence-electron chi connectivity index (χ2n) is 6.94. The van der Waals surface area contributed by atoms with E-state index in [4.69, 9.17) is 4.74 Å². The summed E-state index contributed by atoms with van der Waals surface area (Å²) in [5.41, 5.74) is 5.88. The lowest BCUT2D eigenvalue weighted by molar-refractivity contribution is -0.121. The SMILES string of the molecule is COc1cccc(C=NNC(=O)Cn2cnc3scc(-c4ccc(C)cc4)c3c2=O)c1. The molecule has 31 heavy (non-hydrogen) atoms. The van der Waals surface area contributed by atoms with Crippen molar-refractivity contribution < 1.29 is 9.53 Å². The second kappa shape index (κ2) is 8.93. The number of benzene rings is 2. The fourth-order valence-electron chi connectivity index (χ4n) is 3.12. The lowest BCUT2D eigenvalue weighted by atomic mass is 10.1. The number of hydrazone groups is 1. The third-order valence-electron chi connectivity index (χ3n) is 4.73. The van der Waals surface area contributed by atoms with E-state index in [0.29, 0.717) is 16.0 Å². The largest absolute Gasteiger partial charge is 0.497 e. The van der Waals surface area contributed by atoms with Gasteiger partial charge >= 0.3 is 0 Å². The maximum atomic E-state index is 13.0. The first-order chi connectivity index (χ1) is 15.0. The Morgan fingerprint density at radius 3 is 2.84 bits per heavy atom. The summed E-state index contributed by atoms with van der Waals surface area (Å²) in [6.07, 6.45) is 2.91. The van der Waals surface area contributed by atoms with Crippen LogP contribution in [0.25, 0.3) is 21.3 Å². The first kappa shape index (κ1) is 20.5. The fraction of sp³-hybridized carbons (Fsp3) is 0.130. The van der Waals surface area contributed by atoms with E-state index in [0.717, 1.165) is 22.3 Å². The van der Waals surface area contributed by atoms with Gasteiger partial charge in [0.05, 0.1) is 25.0 Å². The minimum absolute atomic E-state index is 0.180. The summed E-state index contributed by atoms with van der Waals surface area (Å²) in [5, 5.41) is 6.40. The summed E-state index contributed by atoms with van der Waals surface area (Å²) in [5.74, 6) is 0.274. The number of carbonyl (C=O) groups excluding carboxylic acids is 1. The van der Waals surface area contributed by atoms with Crippen LogP contribution in [0.1, 0.15) is 11.1 Å². The number of hydrogen-bond donors (Lipinski definition) is 1. The molecule has 1 N–H and O–H groups in total. The highest BCUT2D eigenvalue weighted by Crippen LogP contribution is 2.30. The van der Waals surface area contributed by atoms with E-state index in [1.807, 2.05) is 54.8 Å². The molecule has 0 spiro atoms. The number of thiophene rings is 1. The van der Waals surface area contributed by atoms with Crippen LogP contribution in [0.2, 0.25) is 0 Å². The zero-order chi connectivity index (χ0) is 21.8. The van der Waals surface area contributed by atoms with Crippen LogP contribution in [-0.4, -0.2) is 28.8 Å². The van der Waals surface area contributed by atoms with Crippen LogP contribution in [0.4, 0.5) is 0 Å². The Labute approximate surface area is 182 Å². The number of hydrogen-bond acceptors (Lipinski definition) is 6. The molecule has 156 valence electrons. The molecule has 7 nitrogen and oxygen atoms in total. The quantitative estimate of drug-likeness (QED) is 0.373. The number of carbonyl (C=O) groups is 1. The Balaban J connectivity index is 1.53. The second-order valence-corrected chi connectivity index (χ2v) is 7.80. The summed E-state index contributed by atoms with van der Waals surface area (Å²) < 4.78 is 6.45. The van der Waals surface area contributed by atoms with Gasteiger partial charge in [-0.15, -0.1) is 11.3 Å². The number of rotatable bonds is 6. The Hall–Kier alpha value is -3.78. The molecule has 8 heteroatoms. The Kier molecular flexibility index (Phi) is 5.90. The highest BCUT2D eigenvalue weighted by molar-refractivity contribution is 7.17. The number of aromatic nitrogens is 2. The van der Waals surface area contributed by atoms with Crippen molar-refractivity contribution in [3.05, 3.63) is 81.7 Å². The van der Waals surface area contributed by atoms with Gasteiger partial charge in [0.15, 0.2) is 0 Å². The average Bonchev–Trinajstić information content (AvgIpc) is 3.21. The van der Waals surface area contributed by atoms with Crippen LogP contribution in [0.5, 0.6) is 5.75 Å². The molecule has 0 fully saturated rings. The average molecular weight is 433 g/mol. The Morgan fingerprint density at radius 1 is 1.26 bits per heavy atom. The highest BCUT2D eigenvalue weighted by atomic mass is 32.1. The fourth-order valence-corrected chi connectivity index (χ4v) is 4.02. The third-order valence-corrected chi connectivity index (χ3v) is 5.62. The van der Waals surface area contributed by atoms with Gasteiger partial charge in [-0.2, -0.15) is 5.10 Å². The number of nitrogens with one attached hydrogen (secondary N) is 1. The molecule has 0 saturated carbocycles. The molecule has 0 aliphatic carbocycles. The van der Waals surface area contributed by atoms with Crippen molar-refractivity contribution in [1.29, 1.82) is 0 Å². The molecule has 2 aromatic heterocycles. The summed E-state index contributed by atoms with van der Waals surface area (Å²) in [6, 6.07) is 15.2. The molecule has 0 bridgehead atoms. The lowest BCUT2D eigenvalue weighted by Gasteiger charge is -2.06. The molecule has 0 aliphatic heterocycles. The van der Waals surface area contributed by atoms with Gasteiger partial charge in [0.2, 0.25) is 0 Å². The number of fused-ring (bicyclic) bond motifs is 1. The Morgan fingerprint density at radius 2 is 2.06 bits per heavy atom. The normalized spacial score (nSPS) is 11.2. The molecule has 0 saturated heterocycles. The van der Waals surface area contributed by atoms with Gasteiger partial charge in [0, 0.05) is 10.9 Å². The number of methoxy groups -OCH3 is 1. The molecule has 0 aliphatic rings. The van der Waals surface area contributed by atoms with Crippen molar-refractivity contribution in [2.75, 3.05) is 7.11 Å². The molecule has 0 radical (unpaired) electrons. The minimum atomic E-state index is -0.422. The van der Waals surface area contributed by atoms with Crippen molar-refractivity contribution in [2.45, 2.75) is 13.5 Å². The Bertz CT molecular complexity index is 1320. The van der Waals surface area contributed by atoms with E-state index in [1.165, 1.54) is 28.4 Å². The van der Waals surface area contributed by atoms with Gasteiger partial charge in [-0.3, -0.25) is 14.2 Å². The van der Waals surface area contributed by atoms with Crippen LogP contribution in [0.15, 0.2) is 70.1 Å². The zero-order valence-electron chi connectivity index (χ0n) is 17.0. The number of ether oxygens (including phenoxy) is 1. The topological polar surface area (TPSA) is 85.6 Å². The number of aryl methyl sites for hydroxylation is 1. The van der Waals surface area contributed by atoms with E-state index >= 15 is 0 Å². The number of amides is 1. The highest BCUT2D eigenvalue weighted by Gasteiger charge is 2.14. The predicted octanol–water partition coefficient (Wildman–Crippen LogP) is 3.59. The molecular weight excluding hydrogens is 412 g/mol.